The lowest BCUT2D eigenvalue weighted by molar-refractivity contribution is -0.146. The average Bonchev–Trinajstić information content (AvgIpc) is 4.04. The minimum Gasteiger partial charge on any atom is -0.444 e. The number of ketones is 2. The molecule has 3 heterocycles. The topological polar surface area (TPSA) is 156 Å². The van der Waals surface area contributed by atoms with Gasteiger partial charge in [0.1, 0.15) is 11.9 Å². The van der Waals surface area contributed by atoms with Crippen molar-refractivity contribution in [1.82, 2.24) is 14.5 Å². The van der Waals surface area contributed by atoms with Crippen LogP contribution in [0.25, 0.3) is 0 Å². The number of rotatable bonds is 8. The van der Waals surface area contributed by atoms with Gasteiger partial charge in [0.15, 0.2) is 5.78 Å². The van der Waals surface area contributed by atoms with Crippen LogP contribution in [0.2, 0.25) is 0 Å². The van der Waals surface area contributed by atoms with Crippen molar-refractivity contribution < 1.29 is 41.9 Å². The summed E-state index contributed by atoms with van der Waals surface area (Å²) >= 11 is 0. The molecule has 6 aliphatic rings. The van der Waals surface area contributed by atoms with Crippen molar-refractivity contribution in [2.45, 2.75) is 134 Å². The van der Waals surface area contributed by atoms with Crippen LogP contribution in [0.1, 0.15) is 114 Å². The van der Waals surface area contributed by atoms with E-state index in [0.29, 0.717) is 45.4 Å². The van der Waals surface area contributed by atoms with Gasteiger partial charge in [-0.2, -0.15) is 0 Å². The number of fused-ring (bicyclic) bond motifs is 3. The van der Waals surface area contributed by atoms with Gasteiger partial charge in [0.25, 0.3) is 0 Å². The van der Waals surface area contributed by atoms with E-state index in [1.807, 2.05) is 26.0 Å². The molecule has 0 spiro atoms. The molecule has 12 nitrogen and oxygen atoms in total. The monoisotopic (exact) mass is 753 g/mol. The maximum Gasteiger partial charge on any atom is 0.410 e. The second kappa shape index (κ2) is 15.4. The Morgan fingerprint density at radius 2 is 1.75 bits per heavy atom. The highest BCUT2D eigenvalue weighted by molar-refractivity contribution is 7.90. The van der Waals surface area contributed by atoms with Crippen LogP contribution in [-0.4, -0.2) is 84.8 Å². The predicted octanol–water partition coefficient (Wildman–Crippen LogP) is 4.85. The normalized spacial score (nSPS) is 31.7. The second-order valence-electron chi connectivity index (χ2n) is 16.7. The molecule has 53 heavy (non-hydrogen) atoms. The van der Waals surface area contributed by atoms with Crippen LogP contribution in [0, 0.1) is 29.1 Å². The van der Waals surface area contributed by atoms with Crippen molar-refractivity contribution in [2.75, 3.05) is 19.8 Å². The van der Waals surface area contributed by atoms with Gasteiger partial charge in [-0.05, 0) is 73.5 Å². The third-order valence-corrected chi connectivity index (χ3v) is 14.8. The molecule has 3 saturated carbocycles. The number of amides is 3. The number of Topliss-reactive ketones (excluding diaryl/α,β-unsaturated/α-hetero) is 2. The molecule has 0 unspecified atom stereocenters. The predicted molar refractivity (Wildman–Crippen MR) is 195 cm³/mol. The molecule has 1 N–H and O–H groups in total. The van der Waals surface area contributed by atoms with Crippen molar-refractivity contribution in [3.05, 3.63) is 34.9 Å². The summed E-state index contributed by atoms with van der Waals surface area (Å²) in [6.45, 7) is 5.33. The summed E-state index contributed by atoms with van der Waals surface area (Å²) in [5, 5.41) is -0.581. The zero-order valence-electron chi connectivity index (χ0n) is 31.2. The zero-order chi connectivity index (χ0) is 37.5. The Morgan fingerprint density at radius 1 is 1.00 bits per heavy atom. The van der Waals surface area contributed by atoms with E-state index in [1.165, 1.54) is 4.90 Å². The quantitative estimate of drug-likeness (QED) is 0.392. The third kappa shape index (κ3) is 8.07. The maximum absolute atomic E-state index is 14.8. The molecule has 4 bridgehead atoms. The smallest absolute Gasteiger partial charge is 0.410 e. The summed E-state index contributed by atoms with van der Waals surface area (Å²) < 4.78 is 39.9. The van der Waals surface area contributed by atoms with E-state index in [4.69, 9.17) is 9.47 Å². The molecule has 7 rings (SSSR count). The fraction of sp³-hybridized carbons (Fsp3) is 0.725. The lowest BCUT2D eigenvalue weighted by Crippen LogP contribution is -2.48. The summed E-state index contributed by atoms with van der Waals surface area (Å²) in [6, 6.07) is 5.11. The maximum atomic E-state index is 14.8. The molecule has 1 aromatic rings. The first-order chi connectivity index (χ1) is 25.4. The molecule has 1 saturated heterocycles. The largest absolute Gasteiger partial charge is 0.444 e. The zero-order valence-corrected chi connectivity index (χ0v) is 32.0. The van der Waals surface area contributed by atoms with Crippen molar-refractivity contribution in [3.8, 4) is 0 Å². The molecular weight excluding hydrogens is 699 g/mol. The van der Waals surface area contributed by atoms with Gasteiger partial charge in [-0.1, -0.05) is 57.7 Å². The van der Waals surface area contributed by atoms with Crippen LogP contribution >= 0.6 is 0 Å². The summed E-state index contributed by atoms with van der Waals surface area (Å²) in [5.41, 5.74) is 2.13. The summed E-state index contributed by atoms with van der Waals surface area (Å²) in [4.78, 5) is 73.5. The molecule has 290 valence electrons. The number of sulfonamides is 1. The van der Waals surface area contributed by atoms with Crippen molar-refractivity contribution in [3.63, 3.8) is 0 Å². The van der Waals surface area contributed by atoms with Crippen LogP contribution < -0.4 is 4.72 Å². The highest BCUT2D eigenvalue weighted by atomic mass is 32.2. The fourth-order valence-corrected chi connectivity index (χ4v) is 10.8. The lowest BCUT2D eigenvalue weighted by Gasteiger charge is -2.34. The molecule has 6 atom stereocenters. The number of benzene rings is 1. The molecule has 4 fully saturated rings. The second-order valence-corrected chi connectivity index (χ2v) is 18.7. The summed E-state index contributed by atoms with van der Waals surface area (Å²) in [7, 11) is -3.82. The molecule has 0 radical (unpaired) electrons. The molecular formula is C40H55N3O9S. The van der Waals surface area contributed by atoms with Gasteiger partial charge in [0.05, 0.1) is 29.9 Å². The number of nitrogens with one attached hydrogen (secondary N) is 1. The van der Waals surface area contributed by atoms with E-state index in [-0.39, 0.29) is 61.7 Å². The average molecular weight is 754 g/mol. The number of aryl methyl sites for hydroxylation is 1. The molecule has 1 aromatic carbocycles. The number of nitrogens with zero attached hydrogens (tertiary/aromatic N) is 2. The number of ether oxygens (including phenoxy) is 2. The van der Waals surface area contributed by atoms with E-state index in [9.17, 15) is 32.4 Å². The Labute approximate surface area is 313 Å². The first-order valence-corrected chi connectivity index (χ1v) is 21.5. The van der Waals surface area contributed by atoms with E-state index in [2.05, 4.69) is 10.8 Å². The number of carbonyl (C=O) groups is 5. The van der Waals surface area contributed by atoms with Gasteiger partial charge < -0.3 is 14.4 Å². The Kier molecular flexibility index (Phi) is 11.1. The van der Waals surface area contributed by atoms with Gasteiger partial charge in [-0.15, -0.1) is 0 Å². The minimum absolute atomic E-state index is 0.00948. The summed E-state index contributed by atoms with van der Waals surface area (Å²) in [5.74, 6) is -2.54. The minimum atomic E-state index is -3.82. The van der Waals surface area contributed by atoms with Crippen molar-refractivity contribution in [1.29, 1.82) is 0 Å². The van der Waals surface area contributed by atoms with Crippen LogP contribution in [0.4, 0.5) is 4.79 Å². The highest BCUT2D eigenvalue weighted by Gasteiger charge is 2.62. The molecule has 3 amide bonds. The highest BCUT2D eigenvalue weighted by Crippen LogP contribution is 2.58. The first kappa shape index (κ1) is 38.0. The third-order valence-electron chi connectivity index (χ3n) is 13.0. The Balaban J connectivity index is 1.17. The van der Waals surface area contributed by atoms with E-state index >= 15 is 0 Å². The fourth-order valence-electron chi connectivity index (χ4n) is 9.46. The van der Waals surface area contributed by atoms with Crippen molar-refractivity contribution >= 4 is 39.5 Å². The first-order valence-electron chi connectivity index (χ1n) is 19.9. The molecule has 0 aromatic heterocycles. The summed E-state index contributed by atoms with van der Waals surface area (Å²) in [6.07, 6.45) is 6.80. The van der Waals surface area contributed by atoms with Gasteiger partial charge in [-0.25, -0.2) is 13.2 Å². The van der Waals surface area contributed by atoms with Gasteiger partial charge >= 0.3 is 6.09 Å². The number of hydrogen-bond acceptors (Lipinski definition) is 9. The SMILES string of the molecule is CC[C@@H]1C[C@]1(CC(=O)[C@@H]1C[C@@H]2CN1C(=O)[C@H](C1CCCCC1)CC(=O)[C@@H](C)COCCCc1cccc3c1CN(C3)C(=O)O2)C(=O)NS(=O)(=O)C1CC1. The van der Waals surface area contributed by atoms with Gasteiger partial charge in [0, 0.05) is 50.8 Å². The molecule has 3 aliphatic heterocycles. The Bertz CT molecular complexity index is 1720. The van der Waals surface area contributed by atoms with Crippen LogP contribution in [0.5, 0.6) is 0 Å². The van der Waals surface area contributed by atoms with Crippen LogP contribution in [0.3, 0.4) is 0 Å². The molecule has 3 aliphatic carbocycles. The Hall–Kier alpha value is -3.32. The van der Waals surface area contributed by atoms with Crippen molar-refractivity contribution in [2.24, 2.45) is 29.1 Å². The van der Waals surface area contributed by atoms with E-state index in [0.717, 1.165) is 61.6 Å². The van der Waals surface area contributed by atoms with Crippen LogP contribution in [-0.2, 0) is 58.2 Å². The number of carbonyl (C=O) groups excluding carboxylic acids is 5. The van der Waals surface area contributed by atoms with E-state index < -0.39 is 56.7 Å². The van der Waals surface area contributed by atoms with Crippen LogP contribution in [0.15, 0.2) is 18.2 Å². The molecule has 13 heteroatoms. The lowest BCUT2D eigenvalue weighted by atomic mass is 9.76. The standard InChI is InChI=1S/C40H55N3O9S/c1-3-29-19-40(29,38(47)41-53(49,50)31-14-15-31)20-36(45)34-17-30-22-43(34)37(46)32(26-9-5-4-6-10-26)18-35(44)25(2)24-51-16-8-13-27-11-7-12-28-21-42(23-33(27)28)39(48)52-30/h7,11-12,25-26,29-32,34H,3-6,8-10,13-24H2,1-2H3,(H,41,47)/t25-,29+,30+,32-,34-,40+/m0/s1. The number of hydrogen-bond donors (Lipinski definition) is 1. The van der Waals surface area contributed by atoms with Gasteiger partial charge in [-0.3, -0.25) is 28.8 Å². The van der Waals surface area contributed by atoms with E-state index in [1.54, 1.807) is 4.90 Å². The Morgan fingerprint density at radius 3 is 2.47 bits per heavy atom. The van der Waals surface area contributed by atoms with Gasteiger partial charge in [0.2, 0.25) is 21.8 Å².